The van der Waals surface area contributed by atoms with E-state index in [-0.39, 0.29) is 0 Å². The van der Waals surface area contributed by atoms with Crippen LogP contribution in [0.5, 0.6) is 0 Å². The third kappa shape index (κ3) is 3.70. The second-order valence-corrected chi connectivity index (χ2v) is 5.05. The van der Waals surface area contributed by atoms with E-state index in [1.54, 1.807) is 0 Å². The van der Waals surface area contributed by atoms with E-state index in [1.165, 1.54) is 5.56 Å². The molecular formula is C14H20ClNO. The molecule has 2 atom stereocenters. The molecule has 0 aromatic heterocycles. The average Bonchev–Trinajstić information content (AvgIpc) is 2.35. The van der Waals surface area contributed by atoms with Crippen molar-refractivity contribution in [2.75, 3.05) is 19.8 Å². The number of rotatable bonds is 4. The van der Waals surface area contributed by atoms with E-state index in [0.717, 1.165) is 37.6 Å². The number of halogens is 1. The summed E-state index contributed by atoms with van der Waals surface area (Å²) in [6, 6.07) is 8.73. The fourth-order valence-electron chi connectivity index (χ4n) is 2.45. The van der Waals surface area contributed by atoms with Crippen LogP contribution in [-0.4, -0.2) is 25.8 Å². The van der Waals surface area contributed by atoms with Crippen LogP contribution in [0.15, 0.2) is 24.3 Å². The lowest BCUT2D eigenvalue weighted by Crippen LogP contribution is -2.43. The van der Waals surface area contributed by atoms with Gasteiger partial charge in [-0.05, 0) is 37.1 Å². The number of benzene rings is 1. The Morgan fingerprint density at radius 1 is 1.35 bits per heavy atom. The van der Waals surface area contributed by atoms with Crippen molar-refractivity contribution in [3.63, 3.8) is 0 Å². The Labute approximate surface area is 108 Å². The molecule has 1 fully saturated rings. The van der Waals surface area contributed by atoms with E-state index >= 15 is 0 Å². The van der Waals surface area contributed by atoms with Crippen LogP contribution in [-0.2, 0) is 11.2 Å². The SMILES string of the molecule is CCN[C@H]1CCOC[C@H]1Cc1ccc(Cl)cc1. The molecule has 0 amide bonds. The zero-order valence-corrected chi connectivity index (χ0v) is 11.0. The van der Waals surface area contributed by atoms with Crippen molar-refractivity contribution >= 4 is 11.6 Å². The minimum atomic E-state index is 0.574. The summed E-state index contributed by atoms with van der Waals surface area (Å²) in [5, 5.41) is 4.36. The predicted molar refractivity (Wildman–Crippen MR) is 71.5 cm³/mol. The van der Waals surface area contributed by atoms with Crippen LogP contribution in [0, 0.1) is 5.92 Å². The van der Waals surface area contributed by atoms with Gasteiger partial charge in [0.2, 0.25) is 0 Å². The maximum atomic E-state index is 5.90. The van der Waals surface area contributed by atoms with Gasteiger partial charge in [-0.3, -0.25) is 0 Å². The van der Waals surface area contributed by atoms with Crippen LogP contribution in [0.25, 0.3) is 0 Å². The summed E-state index contributed by atoms with van der Waals surface area (Å²) in [6.07, 6.45) is 2.18. The molecule has 0 bridgehead atoms. The fourth-order valence-corrected chi connectivity index (χ4v) is 2.58. The first kappa shape index (κ1) is 12.9. The van der Waals surface area contributed by atoms with Crippen LogP contribution < -0.4 is 5.32 Å². The van der Waals surface area contributed by atoms with Crippen molar-refractivity contribution < 1.29 is 4.74 Å². The number of hydrogen-bond acceptors (Lipinski definition) is 2. The summed E-state index contributed by atoms with van der Waals surface area (Å²) in [7, 11) is 0. The second-order valence-electron chi connectivity index (χ2n) is 4.62. The molecule has 0 spiro atoms. The lowest BCUT2D eigenvalue weighted by atomic mass is 9.89. The molecule has 94 valence electrons. The van der Waals surface area contributed by atoms with E-state index in [0.29, 0.717) is 12.0 Å². The Kier molecular flexibility index (Phi) is 4.84. The molecule has 0 saturated carbocycles. The van der Waals surface area contributed by atoms with Crippen LogP contribution in [0.1, 0.15) is 18.9 Å². The highest BCUT2D eigenvalue weighted by atomic mass is 35.5. The van der Waals surface area contributed by atoms with Crippen LogP contribution >= 0.6 is 11.6 Å². The van der Waals surface area contributed by atoms with Crippen molar-refractivity contribution in [1.82, 2.24) is 5.32 Å². The minimum Gasteiger partial charge on any atom is -0.381 e. The van der Waals surface area contributed by atoms with Crippen molar-refractivity contribution in [2.45, 2.75) is 25.8 Å². The highest BCUT2D eigenvalue weighted by Gasteiger charge is 2.24. The first-order valence-electron chi connectivity index (χ1n) is 6.35. The monoisotopic (exact) mass is 253 g/mol. The van der Waals surface area contributed by atoms with E-state index in [9.17, 15) is 0 Å². The first-order chi connectivity index (χ1) is 8.29. The highest BCUT2D eigenvalue weighted by Crippen LogP contribution is 2.20. The molecule has 0 unspecified atom stereocenters. The van der Waals surface area contributed by atoms with Crippen LogP contribution in [0.3, 0.4) is 0 Å². The first-order valence-corrected chi connectivity index (χ1v) is 6.73. The van der Waals surface area contributed by atoms with Gasteiger partial charge in [0.15, 0.2) is 0 Å². The van der Waals surface area contributed by atoms with Gasteiger partial charge in [0.1, 0.15) is 0 Å². The summed E-state index contributed by atoms with van der Waals surface area (Å²) in [5.74, 6) is 0.574. The summed E-state index contributed by atoms with van der Waals surface area (Å²) in [5.41, 5.74) is 1.34. The lowest BCUT2D eigenvalue weighted by Gasteiger charge is -2.32. The maximum Gasteiger partial charge on any atom is 0.0512 e. The average molecular weight is 254 g/mol. The molecule has 17 heavy (non-hydrogen) atoms. The molecular weight excluding hydrogens is 234 g/mol. The Hall–Kier alpha value is -0.570. The molecule has 1 saturated heterocycles. The molecule has 1 heterocycles. The van der Waals surface area contributed by atoms with Gasteiger partial charge in [0.05, 0.1) is 6.61 Å². The predicted octanol–water partition coefficient (Wildman–Crippen LogP) is 2.90. The van der Waals surface area contributed by atoms with E-state index in [1.807, 2.05) is 12.1 Å². The van der Waals surface area contributed by atoms with Gasteiger partial charge in [0.25, 0.3) is 0 Å². The van der Waals surface area contributed by atoms with Crippen molar-refractivity contribution in [3.8, 4) is 0 Å². The third-order valence-corrected chi connectivity index (χ3v) is 3.60. The Bertz CT molecular complexity index is 337. The molecule has 3 heteroatoms. The van der Waals surface area contributed by atoms with Gasteiger partial charge in [-0.25, -0.2) is 0 Å². The van der Waals surface area contributed by atoms with Crippen molar-refractivity contribution in [2.24, 2.45) is 5.92 Å². The zero-order valence-electron chi connectivity index (χ0n) is 10.3. The summed E-state index contributed by atoms with van der Waals surface area (Å²) in [6.45, 7) is 4.94. The zero-order chi connectivity index (χ0) is 12.1. The maximum absolute atomic E-state index is 5.90. The number of ether oxygens (including phenoxy) is 1. The molecule has 1 N–H and O–H groups in total. The standard InChI is InChI=1S/C14H20ClNO/c1-2-16-14-7-8-17-10-12(14)9-11-3-5-13(15)6-4-11/h3-6,12,14,16H,2,7-10H2,1H3/t12-,14+/m1/s1. The molecule has 2 rings (SSSR count). The van der Waals surface area contributed by atoms with Crippen LogP contribution in [0.2, 0.25) is 5.02 Å². The van der Waals surface area contributed by atoms with E-state index in [2.05, 4.69) is 24.4 Å². The summed E-state index contributed by atoms with van der Waals surface area (Å²) in [4.78, 5) is 0. The Balaban J connectivity index is 1.97. The minimum absolute atomic E-state index is 0.574. The third-order valence-electron chi connectivity index (χ3n) is 3.35. The summed E-state index contributed by atoms with van der Waals surface area (Å²) < 4.78 is 5.59. The molecule has 0 aliphatic carbocycles. The van der Waals surface area contributed by atoms with Gasteiger partial charge >= 0.3 is 0 Å². The Morgan fingerprint density at radius 3 is 2.82 bits per heavy atom. The van der Waals surface area contributed by atoms with Crippen molar-refractivity contribution in [3.05, 3.63) is 34.9 Å². The summed E-state index contributed by atoms with van der Waals surface area (Å²) >= 11 is 5.90. The van der Waals surface area contributed by atoms with Gasteiger partial charge in [0, 0.05) is 23.6 Å². The van der Waals surface area contributed by atoms with Gasteiger partial charge in [-0.15, -0.1) is 0 Å². The number of hydrogen-bond donors (Lipinski definition) is 1. The van der Waals surface area contributed by atoms with E-state index < -0.39 is 0 Å². The molecule has 1 aliphatic rings. The van der Waals surface area contributed by atoms with Crippen molar-refractivity contribution in [1.29, 1.82) is 0 Å². The van der Waals surface area contributed by atoms with E-state index in [4.69, 9.17) is 16.3 Å². The van der Waals surface area contributed by atoms with Crippen LogP contribution in [0.4, 0.5) is 0 Å². The molecule has 1 aromatic carbocycles. The largest absolute Gasteiger partial charge is 0.381 e. The van der Waals surface area contributed by atoms with Gasteiger partial charge < -0.3 is 10.1 Å². The molecule has 1 aliphatic heterocycles. The molecule has 1 aromatic rings. The fraction of sp³-hybridized carbons (Fsp3) is 0.571. The Morgan fingerprint density at radius 2 is 2.12 bits per heavy atom. The topological polar surface area (TPSA) is 21.3 Å². The second kappa shape index (κ2) is 6.39. The van der Waals surface area contributed by atoms with Gasteiger partial charge in [-0.2, -0.15) is 0 Å². The highest BCUT2D eigenvalue weighted by molar-refractivity contribution is 6.30. The normalized spacial score (nSPS) is 24.8. The van der Waals surface area contributed by atoms with Gasteiger partial charge in [-0.1, -0.05) is 30.7 Å². The molecule has 2 nitrogen and oxygen atoms in total. The lowest BCUT2D eigenvalue weighted by molar-refractivity contribution is 0.0327. The smallest absolute Gasteiger partial charge is 0.0512 e. The quantitative estimate of drug-likeness (QED) is 0.891. The molecule has 0 radical (unpaired) electrons. The number of nitrogens with one attached hydrogen (secondary N) is 1.